The molecular weight excluding hydrogens is 356 g/mol. The molecule has 1 aromatic carbocycles. The summed E-state index contributed by atoms with van der Waals surface area (Å²) in [5, 5.41) is 12.7. The van der Waals surface area contributed by atoms with Gasteiger partial charge in [-0.3, -0.25) is 4.90 Å². The van der Waals surface area contributed by atoms with Crippen molar-refractivity contribution in [1.29, 1.82) is 0 Å². The highest BCUT2D eigenvalue weighted by atomic mass is 16.5. The highest BCUT2D eigenvalue weighted by molar-refractivity contribution is 5.45. The second-order valence-corrected chi connectivity index (χ2v) is 7.80. The monoisotopic (exact) mass is 388 g/mol. The zero-order chi connectivity index (χ0) is 20.1. The lowest BCUT2D eigenvalue weighted by atomic mass is 10.0. The van der Waals surface area contributed by atoms with E-state index in [-0.39, 0.29) is 6.04 Å². The van der Waals surface area contributed by atoms with Gasteiger partial charge in [-0.1, -0.05) is 19.9 Å². The number of rotatable bonds is 8. The molecule has 0 amide bonds. The molecule has 8 heteroatoms. The van der Waals surface area contributed by atoms with E-state index in [1.54, 1.807) is 14.2 Å². The van der Waals surface area contributed by atoms with E-state index in [4.69, 9.17) is 9.47 Å². The number of tetrazole rings is 1. The second kappa shape index (κ2) is 9.34. The minimum absolute atomic E-state index is 0.0179. The molecule has 0 N–H and O–H groups in total. The van der Waals surface area contributed by atoms with E-state index in [1.165, 1.54) is 0 Å². The van der Waals surface area contributed by atoms with Gasteiger partial charge in [0.05, 0.1) is 20.3 Å². The van der Waals surface area contributed by atoms with E-state index >= 15 is 0 Å². The molecule has 1 aliphatic rings. The smallest absolute Gasteiger partial charge is 0.173 e. The van der Waals surface area contributed by atoms with Crippen LogP contribution in [0.4, 0.5) is 0 Å². The standard InChI is InChI=1S/C20H32N6O2/c1-15(2)8-9-26-20(21-22-23-26)19(25-12-10-24(3)11-13-25)16-6-7-17(27-4)18(14-16)28-5/h6-7,14-15,19H,8-13H2,1-5H3/t19-/m0/s1. The highest BCUT2D eigenvalue weighted by Gasteiger charge is 2.30. The number of hydrogen-bond acceptors (Lipinski definition) is 7. The van der Waals surface area contributed by atoms with Crippen LogP contribution in [0, 0.1) is 5.92 Å². The number of piperazine rings is 1. The van der Waals surface area contributed by atoms with Gasteiger partial charge in [0.1, 0.15) is 0 Å². The number of nitrogens with zero attached hydrogens (tertiary/aromatic N) is 6. The fourth-order valence-corrected chi connectivity index (χ4v) is 3.57. The van der Waals surface area contributed by atoms with E-state index in [0.717, 1.165) is 62.0 Å². The summed E-state index contributed by atoms with van der Waals surface area (Å²) >= 11 is 0. The van der Waals surface area contributed by atoms with Crippen molar-refractivity contribution in [3.8, 4) is 11.5 Å². The zero-order valence-corrected chi connectivity index (χ0v) is 17.6. The Morgan fingerprint density at radius 1 is 1.04 bits per heavy atom. The molecule has 8 nitrogen and oxygen atoms in total. The van der Waals surface area contributed by atoms with E-state index in [2.05, 4.69) is 52.3 Å². The van der Waals surface area contributed by atoms with Crippen LogP contribution in [0.3, 0.4) is 0 Å². The Balaban J connectivity index is 1.98. The van der Waals surface area contributed by atoms with Crippen LogP contribution in [0.15, 0.2) is 18.2 Å². The highest BCUT2D eigenvalue weighted by Crippen LogP contribution is 2.35. The van der Waals surface area contributed by atoms with Gasteiger partial charge in [-0.25, -0.2) is 4.68 Å². The number of hydrogen-bond donors (Lipinski definition) is 0. The molecular formula is C20H32N6O2. The number of aryl methyl sites for hydroxylation is 1. The summed E-state index contributed by atoms with van der Waals surface area (Å²) < 4.78 is 12.9. The third kappa shape index (κ3) is 4.62. The summed E-state index contributed by atoms with van der Waals surface area (Å²) in [4.78, 5) is 4.81. The largest absolute Gasteiger partial charge is 0.493 e. The van der Waals surface area contributed by atoms with Crippen molar-refractivity contribution in [1.82, 2.24) is 30.0 Å². The Hall–Kier alpha value is -2.19. The number of likely N-dealkylation sites (N-methyl/N-ethyl adjacent to an activating group) is 1. The third-order valence-electron chi connectivity index (χ3n) is 5.35. The number of methoxy groups -OCH3 is 2. The number of ether oxygens (including phenoxy) is 2. The van der Waals surface area contributed by atoms with Crippen LogP contribution in [-0.4, -0.2) is 77.5 Å². The van der Waals surface area contributed by atoms with Gasteiger partial charge in [0, 0.05) is 32.7 Å². The maximum atomic E-state index is 5.55. The fourth-order valence-electron chi connectivity index (χ4n) is 3.57. The van der Waals surface area contributed by atoms with Crippen LogP contribution < -0.4 is 9.47 Å². The first-order valence-electron chi connectivity index (χ1n) is 9.94. The van der Waals surface area contributed by atoms with Crippen molar-refractivity contribution >= 4 is 0 Å². The van der Waals surface area contributed by atoms with Crippen LogP contribution in [0.25, 0.3) is 0 Å². The molecule has 2 aromatic rings. The lowest BCUT2D eigenvalue weighted by Gasteiger charge is -2.37. The molecule has 154 valence electrons. The Labute approximate surface area is 167 Å². The van der Waals surface area contributed by atoms with Crippen LogP contribution in [0.1, 0.15) is 37.7 Å². The van der Waals surface area contributed by atoms with Gasteiger partial charge in [-0.05, 0) is 47.5 Å². The molecule has 1 atom stereocenters. The topological polar surface area (TPSA) is 68.5 Å². The van der Waals surface area contributed by atoms with Crippen LogP contribution >= 0.6 is 0 Å². The quantitative estimate of drug-likeness (QED) is 0.686. The Bertz CT molecular complexity index is 755. The van der Waals surface area contributed by atoms with Gasteiger partial charge in [0.25, 0.3) is 0 Å². The number of aromatic nitrogens is 4. The van der Waals surface area contributed by atoms with Crippen molar-refractivity contribution < 1.29 is 9.47 Å². The molecule has 1 aromatic heterocycles. The summed E-state index contributed by atoms with van der Waals surface area (Å²) in [5.41, 5.74) is 1.11. The van der Waals surface area contributed by atoms with Crippen LogP contribution in [-0.2, 0) is 6.54 Å². The average molecular weight is 389 g/mol. The van der Waals surface area contributed by atoms with E-state index < -0.39 is 0 Å². The predicted octanol–water partition coefficient (Wildman–Crippen LogP) is 2.07. The normalized spacial score (nSPS) is 17.1. The minimum atomic E-state index is -0.0179. The Kier molecular flexibility index (Phi) is 6.85. The average Bonchev–Trinajstić information content (AvgIpc) is 3.16. The summed E-state index contributed by atoms with van der Waals surface area (Å²) in [7, 11) is 5.48. The van der Waals surface area contributed by atoms with Gasteiger partial charge >= 0.3 is 0 Å². The van der Waals surface area contributed by atoms with E-state index in [1.807, 2.05) is 16.8 Å². The van der Waals surface area contributed by atoms with Crippen LogP contribution in [0.5, 0.6) is 11.5 Å². The lowest BCUT2D eigenvalue weighted by molar-refractivity contribution is 0.121. The summed E-state index contributed by atoms with van der Waals surface area (Å²) in [6.45, 7) is 9.23. The molecule has 2 heterocycles. The maximum Gasteiger partial charge on any atom is 0.173 e. The zero-order valence-electron chi connectivity index (χ0n) is 17.6. The molecule has 0 saturated carbocycles. The molecule has 1 saturated heterocycles. The van der Waals surface area contributed by atoms with Crippen molar-refractivity contribution in [3.63, 3.8) is 0 Å². The van der Waals surface area contributed by atoms with E-state index in [9.17, 15) is 0 Å². The Morgan fingerprint density at radius 3 is 2.39 bits per heavy atom. The molecule has 0 unspecified atom stereocenters. The van der Waals surface area contributed by atoms with E-state index in [0.29, 0.717) is 5.92 Å². The SMILES string of the molecule is COc1ccc([C@@H](c2nnnn2CCC(C)C)N2CCN(C)CC2)cc1OC. The summed E-state index contributed by atoms with van der Waals surface area (Å²) in [6.07, 6.45) is 1.04. The molecule has 1 fully saturated rings. The maximum absolute atomic E-state index is 5.55. The second-order valence-electron chi connectivity index (χ2n) is 7.80. The molecule has 1 aliphatic heterocycles. The first kappa shape index (κ1) is 20.5. The molecule has 3 rings (SSSR count). The predicted molar refractivity (Wildman–Crippen MR) is 108 cm³/mol. The van der Waals surface area contributed by atoms with Crippen LogP contribution in [0.2, 0.25) is 0 Å². The molecule has 0 bridgehead atoms. The van der Waals surface area contributed by atoms with Gasteiger partial charge in [0.2, 0.25) is 0 Å². The van der Waals surface area contributed by atoms with Gasteiger partial charge < -0.3 is 14.4 Å². The first-order chi connectivity index (χ1) is 13.5. The van der Waals surface area contributed by atoms with Crippen molar-refractivity contribution in [2.75, 3.05) is 47.4 Å². The van der Waals surface area contributed by atoms with Crippen molar-refractivity contribution in [3.05, 3.63) is 29.6 Å². The third-order valence-corrected chi connectivity index (χ3v) is 5.35. The number of benzene rings is 1. The summed E-state index contributed by atoms with van der Waals surface area (Å²) in [5.74, 6) is 2.93. The van der Waals surface area contributed by atoms with Crippen molar-refractivity contribution in [2.24, 2.45) is 5.92 Å². The first-order valence-corrected chi connectivity index (χ1v) is 9.94. The molecule has 0 spiro atoms. The molecule has 0 aliphatic carbocycles. The molecule has 0 radical (unpaired) electrons. The lowest BCUT2D eigenvalue weighted by Crippen LogP contribution is -2.46. The van der Waals surface area contributed by atoms with Gasteiger partial charge in [0.15, 0.2) is 17.3 Å². The molecule has 28 heavy (non-hydrogen) atoms. The van der Waals surface area contributed by atoms with Crippen molar-refractivity contribution in [2.45, 2.75) is 32.9 Å². The van der Waals surface area contributed by atoms with Gasteiger partial charge in [-0.15, -0.1) is 5.10 Å². The summed E-state index contributed by atoms with van der Waals surface area (Å²) in [6, 6.07) is 6.07. The fraction of sp³-hybridized carbons (Fsp3) is 0.650. The van der Waals surface area contributed by atoms with Gasteiger partial charge in [-0.2, -0.15) is 0 Å². The minimum Gasteiger partial charge on any atom is -0.493 e. The Morgan fingerprint density at radius 2 is 1.75 bits per heavy atom.